The van der Waals surface area contributed by atoms with E-state index in [1.165, 1.54) is 0 Å². The normalized spacial score (nSPS) is 29.0. The van der Waals surface area contributed by atoms with Crippen LogP contribution in [0.15, 0.2) is 23.0 Å². The van der Waals surface area contributed by atoms with Crippen molar-refractivity contribution in [3.63, 3.8) is 0 Å². The molecule has 0 bridgehead atoms. The van der Waals surface area contributed by atoms with E-state index in [0.717, 1.165) is 24.8 Å². The van der Waals surface area contributed by atoms with E-state index < -0.39 is 0 Å². The Morgan fingerprint density at radius 3 is 2.82 bits per heavy atom. The van der Waals surface area contributed by atoms with Crippen LogP contribution in [0.1, 0.15) is 44.6 Å². The lowest BCUT2D eigenvalue weighted by molar-refractivity contribution is -0.124. The molecule has 1 aromatic heterocycles. The lowest BCUT2D eigenvalue weighted by Gasteiger charge is -2.32. The third-order valence-electron chi connectivity index (χ3n) is 3.96. The summed E-state index contributed by atoms with van der Waals surface area (Å²) in [5, 5.41) is 3.20. The van der Waals surface area contributed by atoms with Gasteiger partial charge in [-0.05, 0) is 31.4 Å². The van der Waals surface area contributed by atoms with E-state index in [-0.39, 0.29) is 17.4 Å². The molecule has 1 saturated carbocycles. The van der Waals surface area contributed by atoms with Crippen molar-refractivity contribution in [1.82, 2.24) is 5.32 Å². The van der Waals surface area contributed by atoms with Crippen molar-refractivity contribution < 1.29 is 9.21 Å². The Morgan fingerprint density at radius 1 is 1.47 bits per heavy atom. The van der Waals surface area contributed by atoms with E-state index in [9.17, 15) is 4.79 Å². The Morgan fingerprint density at radius 2 is 2.24 bits per heavy atom. The number of carbonyl (C=O) groups excluding carboxylic acids is 1. The predicted octanol–water partition coefficient (Wildman–Crippen LogP) is 2.73. The van der Waals surface area contributed by atoms with Gasteiger partial charge in [-0.3, -0.25) is 4.79 Å². The smallest absolute Gasteiger partial charge is 0.157 e. The van der Waals surface area contributed by atoms with Crippen LogP contribution in [0, 0.1) is 5.41 Å². The van der Waals surface area contributed by atoms with E-state index in [2.05, 4.69) is 19.2 Å². The molecule has 1 fully saturated rings. The fourth-order valence-electron chi connectivity index (χ4n) is 2.97. The van der Waals surface area contributed by atoms with Gasteiger partial charge in [0.15, 0.2) is 5.78 Å². The molecule has 1 aliphatic rings. The maximum atomic E-state index is 12.6. The monoisotopic (exact) mass is 235 g/mol. The molecule has 94 valence electrons. The Kier molecular flexibility index (Phi) is 3.38. The second-order valence-corrected chi connectivity index (χ2v) is 5.61. The maximum Gasteiger partial charge on any atom is 0.157 e. The molecular formula is C14H21NO2. The van der Waals surface area contributed by atoms with Crippen LogP contribution in [0.5, 0.6) is 0 Å². The molecule has 0 amide bonds. The Hall–Kier alpha value is -1.09. The van der Waals surface area contributed by atoms with Crippen LogP contribution in [-0.2, 0) is 4.79 Å². The quantitative estimate of drug-likeness (QED) is 0.801. The Labute approximate surface area is 103 Å². The van der Waals surface area contributed by atoms with Gasteiger partial charge in [-0.2, -0.15) is 0 Å². The standard InChI is InChI=1S/C14H21NO2/c1-14(2)7-4-5-11(10-6-8-17-9-10)12(16)13(14)15-3/h6,8-9,11,13,15H,4-5,7H2,1-3H3. The molecule has 0 spiro atoms. The molecule has 3 nitrogen and oxygen atoms in total. The number of furan rings is 1. The number of rotatable bonds is 2. The lowest BCUT2D eigenvalue weighted by Crippen LogP contribution is -2.46. The molecule has 2 rings (SSSR count). The molecule has 1 N–H and O–H groups in total. The molecule has 0 aliphatic heterocycles. The van der Waals surface area contributed by atoms with Crippen molar-refractivity contribution in [2.75, 3.05) is 7.05 Å². The van der Waals surface area contributed by atoms with Crippen LogP contribution < -0.4 is 5.32 Å². The minimum absolute atomic E-state index is 0.00650. The third-order valence-corrected chi connectivity index (χ3v) is 3.96. The van der Waals surface area contributed by atoms with Crippen LogP contribution in [0.2, 0.25) is 0 Å². The summed E-state index contributed by atoms with van der Waals surface area (Å²) in [6.45, 7) is 4.34. The molecular weight excluding hydrogens is 214 g/mol. The molecule has 0 aromatic carbocycles. The summed E-state index contributed by atoms with van der Waals surface area (Å²) in [5.41, 5.74) is 1.05. The SMILES string of the molecule is CNC1C(=O)C(c2ccoc2)CCCC1(C)C. The van der Waals surface area contributed by atoms with Gasteiger partial charge in [-0.1, -0.05) is 20.3 Å². The van der Waals surface area contributed by atoms with E-state index in [1.54, 1.807) is 12.5 Å². The van der Waals surface area contributed by atoms with Gasteiger partial charge in [0, 0.05) is 11.5 Å². The van der Waals surface area contributed by atoms with E-state index in [0.29, 0.717) is 5.78 Å². The van der Waals surface area contributed by atoms with E-state index in [1.807, 2.05) is 13.1 Å². The highest BCUT2D eigenvalue weighted by atomic mass is 16.3. The first kappa shape index (κ1) is 12.4. The zero-order valence-corrected chi connectivity index (χ0v) is 10.8. The van der Waals surface area contributed by atoms with Crippen LogP contribution in [-0.4, -0.2) is 18.9 Å². The lowest BCUT2D eigenvalue weighted by atomic mass is 9.78. The molecule has 17 heavy (non-hydrogen) atoms. The van der Waals surface area contributed by atoms with Crippen molar-refractivity contribution in [3.05, 3.63) is 24.2 Å². The minimum Gasteiger partial charge on any atom is -0.472 e. The van der Waals surface area contributed by atoms with Crippen molar-refractivity contribution in [2.24, 2.45) is 5.41 Å². The second-order valence-electron chi connectivity index (χ2n) is 5.61. The summed E-state index contributed by atoms with van der Waals surface area (Å²) in [6, 6.07) is 1.85. The summed E-state index contributed by atoms with van der Waals surface area (Å²) in [5.74, 6) is 0.296. The number of Topliss-reactive ketones (excluding diaryl/α,β-unsaturated/α-hetero) is 1. The Balaban J connectivity index is 2.29. The van der Waals surface area contributed by atoms with E-state index >= 15 is 0 Å². The molecule has 1 aromatic rings. The third kappa shape index (κ3) is 2.29. The highest BCUT2D eigenvalue weighted by Crippen LogP contribution is 2.38. The largest absolute Gasteiger partial charge is 0.472 e. The van der Waals surface area contributed by atoms with Crippen LogP contribution in [0.25, 0.3) is 0 Å². The number of hydrogen-bond acceptors (Lipinski definition) is 3. The van der Waals surface area contributed by atoms with Gasteiger partial charge < -0.3 is 9.73 Å². The topological polar surface area (TPSA) is 42.2 Å². The van der Waals surface area contributed by atoms with Gasteiger partial charge in [-0.15, -0.1) is 0 Å². The van der Waals surface area contributed by atoms with Gasteiger partial charge in [-0.25, -0.2) is 0 Å². The molecule has 3 heteroatoms. The second kappa shape index (κ2) is 4.65. The number of hydrogen-bond donors (Lipinski definition) is 1. The van der Waals surface area contributed by atoms with Gasteiger partial charge >= 0.3 is 0 Å². The summed E-state index contributed by atoms with van der Waals surface area (Å²) in [4.78, 5) is 12.6. The summed E-state index contributed by atoms with van der Waals surface area (Å²) in [6.07, 6.45) is 6.45. The summed E-state index contributed by atoms with van der Waals surface area (Å²) in [7, 11) is 1.88. The van der Waals surface area contributed by atoms with Crippen LogP contribution in [0.3, 0.4) is 0 Å². The maximum absolute atomic E-state index is 12.6. The van der Waals surface area contributed by atoms with E-state index in [4.69, 9.17) is 4.42 Å². The summed E-state index contributed by atoms with van der Waals surface area (Å²) < 4.78 is 5.11. The van der Waals surface area contributed by atoms with Crippen molar-refractivity contribution in [3.8, 4) is 0 Å². The highest BCUT2D eigenvalue weighted by Gasteiger charge is 2.40. The van der Waals surface area contributed by atoms with Gasteiger partial charge in [0.2, 0.25) is 0 Å². The fraction of sp³-hybridized carbons (Fsp3) is 0.643. The van der Waals surface area contributed by atoms with Crippen LogP contribution >= 0.6 is 0 Å². The molecule has 0 saturated heterocycles. The zero-order valence-electron chi connectivity index (χ0n) is 10.8. The first-order valence-electron chi connectivity index (χ1n) is 6.29. The van der Waals surface area contributed by atoms with Crippen molar-refractivity contribution in [1.29, 1.82) is 0 Å². The zero-order chi connectivity index (χ0) is 12.5. The number of ketones is 1. The average molecular weight is 235 g/mol. The number of likely N-dealkylation sites (N-methyl/N-ethyl adjacent to an activating group) is 1. The summed E-state index contributed by atoms with van der Waals surface area (Å²) >= 11 is 0. The van der Waals surface area contributed by atoms with Crippen LogP contribution in [0.4, 0.5) is 0 Å². The fourth-order valence-corrected chi connectivity index (χ4v) is 2.97. The number of nitrogens with one attached hydrogen (secondary N) is 1. The minimum atomic E-state index is -0.0649. The predicted molar refractivity (Wildman–Crippen MR) is 66.9 cm³/mol. The average Bonchev–Trinajstić information content (AvgIpc) is 2.74. The van der Waals surface area contributed by atoms with Crippen molar-refractivity contribution in [2.45, 2.75) is 45.1 Å². The molecule has 2 unspecified atom stereocenters. The van der Waals surface area contributed by atoms with Gasteiger partial charge in [0.05, 0.1) is 18.6 Å². The number of carbonyl (C=O) groups is 1. The van der Waals surface area contributed by atoms with Gasteiger partial charge in [0.1, 0.15) is 0 Å². The molecule has 0 radical (unpaired) electrons. The molecule has 1 aliphatic carbocycles. The molecule has 1 heterocycles. The highest BCUT2D eigenvalue weighted by molar-refractivity contribution is 5.91. The van der Waals surface area contributed by atoms with Crippen molar-refractivity contribution >= 4 is 5.78 Å². The Bertz CT molecular complexity index is 381. The first-order chi connectivity index (χ1) is 8.06. The molecule has 2 atom stereocenters. The van der Waals surface area contributed by atoms with Gasteiger partial charge in [0.25, 0.3) is 0 Å². The first-order valence-corrected chi connectivity index (χ1v) is 6.29.